The van der Waals surface area contributed by atoms with E-state index in [1.807, 2.05) is 0 Å². The molecule has 136 valence electrons. The fourth-order valence-corrected chi connectivity index (χ4v) is 5.15. The van der Waals surface area contributed by atoms with Crippen molar-refractivity contribution in [3.63, 3.8) is 0 Å². The van der Waals surface area contributed by atoms with Crippen molar-refractivity contribution in [3.05, 3.63) is 35.4 Å². The number of nitrogens with one attached hydrogen (secondary N) is 1. The average molecular weight is 342 g/mol. The van der Waals surface area contributed by atoms with Gasteiger partial charge in [0, 0.05) is 12.6 Å². The molecule has 1 aromatic carbocycles. The van der Waals surface area contributed by atoms with Crippen molar-refractivity contribution >= 4 is 5.91 Å². The highest BCUT2D eigenvalue weighted by atomic mass is 16.3. The molecule has 1 aliphatic heterocycles. The van der Waals surface area contributed by atoms with Crippen molar-refractivity contribution in [1.29, 1.82) is 0 Å². The molecule has 25 heavy (non-hydrogen) atoms. The van der Waals surface area contributed by atoms with Gasteiger partial charge in [0.1, 0.15) is 0 Å². The van der Waals surface area contributed by atoms with E-state index in [1.165, 1.54) is 24.0 Å². The number of nitrogens with zero attached hydrogens (tertiary/aromatic N) is 1. The lowest BCUT2D eigenvalue weighted by atomic mass is 9.94. The van der Waals surface area contributed by atoms with Crippen LogP contribution < -0.4 is 5.32 Å². The first kappa shape index (κ1) is 17.0. The molecule has 2 N–H and O–H groups in total. The van der Waals surface area contributed by atoms with Gasteiger partial charge in [0.25, 0.3) is 0 Å². The number of fused-ring (bicyclic) bond motifs is 3. The minimum absolute atomic E-state index is 0.190. The van der Waals surface area contributed by atoms with E-state index in [1.54, 1.807) is 0 Å². The van der Waals surface area contributed by atoms with Crippen molar-refractivity contribution in [2.45, 2.75) is 44.6 Å². The Bertz CT molecular complexity index is 577. The number of carbonyl (C=O) groups is 1. The highest BCUT2D eigenvalue weighted by Gasteiger charge is 2.39. The Morgan fingerprint density at radius 2 is 1.64 bits per heavy atom. The van der Waals surface area contributed by atoms with Crippen molar-refractivity contribution in [3.8, 4) is 0 Å². The second-order valence-corrected chi connectivity index (χ2v) is 8.27. The summed E-state index contributed by atoms with van der Waals surface area (Å²) in [6, 6.07) is 9.15. The van der Waals surface area contributed by atoms with Crippen LogP contribution in [-0.4, -0.2) is 48.2 Å². The second kappa shape index (κ2) is 7.46. The summed E-state index contributed by atoms with van der Waals surface area (Å²) < 4.78 is 0. The number of likely N-dealkylation sites (tertiary alicyclic amines) is 1. The number of aliphatic hydroxyl groups is 1. The molecule has 4 rings (SSSR count). The summed E-state index contributed by atoms with van der Waals surface area (Å²) in [6.45, 7) is 2.66. The number of piperidine rings is 1. The molecule has 4 nitrogen and oxygen atoms in total. The Morgan fingerprint density at radius 3 is 2.20 bits per heavy atom. The third-order valence-electron chi connectivity index (χ3n) is 6.67. The van der Waals surface area contributed by atoms with E-state index in [0.29, 0.717) is 30.3 Å². The monoisotopic (exact) mass is 342 g/mol. The Morgan fingerprint density at radius 1 is 1.04 bits per heavy atom. The van der Waals surface area contributed by atoms with E-state index < -0.39 is 0 Å². The van der Waals surface area contributed by atoms with Gasteiger partial charge in [-0.05, 0) is 80.5 Å². The molecule has 2 unspecified atom stereocenters. The summed E-state index contributed by atoms with van der Waals surface area (Å²) in [7, 11) is 0. The van der Waals surface area contributed by atoms with Crippen LogP contribution in [0.4, 0.5) is 0 Å². The normalized spacial score (nSPS) is 29.9. The van der Waals surface area contributed by atoms with Crippen LogP contribution >= 0.6 is 0 Å². The molecule has 2 atom stereocenters. The summed E-state index contributed by atoms with van der Waals surface area (Å²) in [4.78, 5) is 14.9. The molecule has 4 heteroatoms. The summed E-state index contributed by atoms with van der Waals surface area (Å²) in [6.07, 6.45) is 6.72. The van der Waals surface area contributed by atoms with Crippen molar-refractivity contribution < 1.29 is 9.90 Å². The molecule has 1 heterocycles. The first-order valence-electron chi connectivity index (χ1n) is 9.92. The Kier molecular flexibility index (Phi) is 5.09. The van der Waals surface area contributed by atoms with Crippen LogP contribution in [-0.2, 0) is 17.6 Å². The highest BCUT2D eigenvalue weighted by Crippen LogP contribution is 2.40. The van der Waals surface area contributed by atoms with E-state index >= 15 is 0 Å². The van der Waals surface area contributed by atoms with Crippen LogP contribution in [0.25, 0.3) is 0 Å². The number of rotatable bonds is 4. The van der Waals surface area contributed by atoms with Crippen LogP contribution in [0, 0.1) is 17.8 Å². The molecule has 0 spiro atoms. The summed E-state index contributed by atoms with van der Waals surface area (Å²) >= 11 is 0. The molecule has 0 aromatic heterocycles. The van der Waals surface area contributed by atoms with E-state index in [0.717, 1.165) is 38.8 Å². The minimum Gasteiger partial charge on any atom is -0.396 e. The zero-order valence-corrected chi connectivity index (χ0v) is 15.0. The van der Waals surface area contributed by atoms with E-state index in [-0.39, 0.29) is 12.5 Å². The number of benzene rings is 1. The SMILES string of the molecule is O=C(CN1CCC(CO)CC1)NC1C2CCC1Cc1ccccc1C2. The quantitative estimate of drug-likeness (QED) is 0.880. The summed E-state index contributed by atoms with van der Waals surface area (Å²) in [5, 5.41) is 12.6. The number of hydrogen-bond donors (Lipinski definition) is 2. The molecule has 2 fully saturated rings. The summed E-state index contributed by atoms with van der Waals surface area (Å²) in [5.41, 5.74) is 2.97. The van der Waals surface area contributed by atoms with Gasteiger partial charge in [0.15, 0.2) is 0 Å². The molecule has 2 bridgehead atoms. The standard InChI is InChI=1S/C21H30N2O2/c24-14-15-7-9-23(10-8-15)13-20(25)22-21-18-5-6-19(21)12-17-4-2-1-3-16(17)11-18/h1-4,15,18-19,21,24H,5-14H2,(H,22,25). The Balaban J connectivity index is 1.34. The first-order chi connectivity index (χ1) is 12.2. The van der Waals surface area contributed by atoms with E-state index in [4.69, 9.17) is 0 Å². The van der Waals surface area contributed by atoms with Gasteiger partial charge in [-0.1, -0.05) is 24.3 Å². The van der Waals surface area contributed by atoms with E-state index in [2.05, 4.69) is 34.5 Å². The topological polar surface area (TPSA) is 52.6 Å². The van der Waals surface area contributed by atoms with Gasteiger partial charge in [-0.3, -0.25) is 9.69 Å². The molecule has 2 aliphatic carbocycles. The molecule has 1 aromatic rings. The maximum atomic E-state index is 12.6. The number of hydrogen-bond acceptors (Lipinski definition) is 3. The predicted octanol–water partition coefficient (Wildman–Crippen LogP) is 2.00. The average Bonchev–Trinajstić information content (AvgIpc) is 2.89. The second-order valence-electron chi connectivity index (χ2n) is 8.27. The maximum Gasteiger partial charge on any atom is 0.234 e. The third-order valence-corrected chi connectivity index (χ3v) is 6.67. The maximum absolute atomic E-state index is 12.6. The van der Waals surface area contributed by atoms with Gasteiger partial charge in [-0.15, -0.1) is 0 Å². The van der Waals surface area contributed by atoms with Gasteiger partial charge in [0.05, 0.1) is 6.54 Å². The van der Waals surface area contributed by atoms with E-state index in [9.17, 15) is 9.90 Å². The predicted molar refractivity (Wildman–Crippen MR) is 98.2 cm³/mol. The molecule has 1 saturated heterocycles. The molecular formula is C21H30N2O2. The lowest BCUT2D eigenvalue weighted by Gasteiger charge is -2.31. The van der Waals surface area contributed by atoms with Crippen molar-refractivity contribution in [2.24, 2.45) is 17.8 Å². The number of amides is 1. The highest BCUT2D eigenvalue weighted by molar-refractivity contribution is 5.78. The number of aliphatic hydroxyl groups excluding tert-OH is 1. The fourth-order valence-electron chi connectivity index (χ4n) is 5.15. The van der Waals surface area contributed by atoms with Gasteiger partial charge in [-0.2, -0.15) is 0 Å². The number of carbonyl (C=O) groups excluding carboxylic acids is 1. The first-order valence-corrected chi connectivity index (χ1v) is 9.92. The van der Waals surface area contributed by atoms with Crippen LogP contribution in [0.15, 0.2) is 24.3 Å². The van der Waals surface area contributed by atoms with Crippen LogP contribution in [0.5, 0.6) is 0 Å². The van der Waals surface area contributed by atoms with Crippen LogP contribution in [0.1, 0.15) is 36.8 Å². The molecular weight excluding hydrogens is 312 g/mol. The largest absolute Gasteiger partial charge is 0.396 e. The van der Waals surface area contributed by atoms with Crippen LogP contribution in [0.3, 0.4) is 0 Å². The van der Waals surface area contributed by atoms with Crippen molar-refractivity contribution in [1.82, 2.24) is 10.2 Å². The third kappa shape index (κ3) is 3.75. The van der Waals surface area contributed by atoms with Gasteiger partial charge < -0.3 is 10.4 Å². The fraction of sp³-hybridized carbons (Fsp3) is 0.667. The molecule has 1 amide bonds. The lowest BCUT2D eigenvalue weighted by Crippen LogP contribution is -2.47. The molecule has 0 radical (unpaired) electrons. The smallest absolute Gasteiger partial charge is 0.234 e. The lowest BCUT2D eigenvalue weighted by molar-refractivity contribution is -0.123. The molecule has 1 saturated carbocycles. The minimum atomic E-state index is 0.190. The van der Waals surface area contributed by atoms with Crippen molar-refractivity contribution in [2.75, 3.05) is 26.2 Å². The van der Waals surface area contributed by atoms with Gasteiger partial charge in [-0.25, -0.2) is 0 Å². The van der Waals surface area contributed by atoms with Gasteiger partial charge in [0.2, 0.25) is 5.91 Å². The Hall–Kier alpha value is -1.39. The zero-order chi connectivity index (χ0) is 17.2. The van der Waals surface area contributed by atoms with Crippen LogP contribution in [0.2, 0.25) is 0 Å². The zero-order valence-electron chi connectivity index (χ0n) is 15.0. The Labute approximate surface area is 150 Å². The summed E-state index contributed by atoms with van der Waals surface area (Å²) in [5.74, 6) is 1.81. The van der Waals surface area contributed by atoms with Gasteiger partial charge >= 0.3 is 0 Å². The molecule has 3 aliphatic rings.